The van der Waals surface area contributed by atoms with Crippen molar-refractivity contribution in [1.82, 2.24) is 0 Å². The van der Waals surface area contributed by atoms with Gasteiger partial charge in [-0.3, -0.25) is 0 Å². The van der Waals surface area contributed by atoms with E-state index in [4.69, 9.17) is 9.47 Å². The molecule has 0 N–H and O–H groups in total. The van der Waals surface area contributed by atoms with Gasteiger partial charge in [-0.2, -0.15) is 0 Å². The van der Waals surface area contributed by atoms with E-state index in [0.29, 0.717) is 0 Å². The van der Waals surface area contributed by atoms with Crippen LogP contribution >= 0.6 is 0 Å². The van der Waals surface area contributed by atoms with Gasteiger partial charge in [-0.15, -0.1) is 0 Å². The summed E-state index contributed by atoms with van der Waals surface area (Å²) in [7, 11) is -5.14. The van der Waals surface area contributed by atoms with Crippen LogP contribution < -0.4 is 51.9 Å². The number of ether oxygens (including phenoxy) is 2. The lowest BCUT2D eigenvalue weighted by molar-refractivity contribution is -0.598. The molecule has 68 heavy (non-hydrogen) atoms. The van der Waals surface area contributed by atoms with Gasteiger partial charge in [-0.1, -0.05) is 133 Å². The molecule has 8 aromatic rings. The van der Waals surface area contributed by atoms with Crippen LogP contribution in [0.15, 0.2) is 229 Å². The lowest BCUT2D eigenvalue weighted by Gasteiger charge is -2.06. The zero-order valence-electron chi connectivity index (χ0n) is 37.9. The third kappa shape index (κ3) is 16.7. The van der Waals surface area contributed by atoms with Crippen LogP contribution in [0.3, 0.4) is 0 Å². The minimum Gasteiger partial charge on any atom is -0.744 e. The molecular weight excluding hydrogens is 1120 g/mol. The van der Waals surface area contributed by atoms with Crippen LogP contribution in [0.4, 0.5) is 0 Å². The largest absolute Gasteiger partial charge is 0.744 e. The van der Waals surface area contributed by atoms with Crippen molar-refractivity contribution in [2.24, 2.45) is 0 Å². The van der Waals surface area contributed by atoms with Gasteiger partial charge in [0.05, 0.1) is 24.0 Å². The molecule has 8 aromatic carbocycles. The van der Waals surface area contributed by atoms with Crippen molar-refractivity contribution in [3.8, 4) is 11.5 Å². The van der Waals surface area contributed by atoms with Crippen LogP contribution in [0.2, 0.25) is 0 Å². The zero-order chi connectivity index (χ0) is 49.1. The van der Waals surface area contributed by atoms with Crippen LogP contribution in [0.5, 0.6) is 11.5 Å². The van der Waals surface area contributed by atoms with Crippen molar-refractivity contribution < 1.29 is 77.8 Å². The number of halogens is 2. The molecule has 0 saturated carbocycles. The summed E-state index contributed by atoms with van der Waals surface area (Å²) >= 11 is -0.506. The highest BCUT2D eigenvalue weighted by Gasteiger charge is 2.23. The summed E-state index contributed by atoms with van der Waals surface area (Å²) in [6.45, 7) is 12.3. The molecule has 0 aliphatic carbocycles. The lowest BCUT2D eigenvalue weighted by atomic mass is 10.00. The Bertz CT molecular complexity index is 2880. The third-order valence-corrected chi connectivity index (χ3v) is 17.2. The summed E-state index contributed by atoms with van der Waals surface area (Å²) < 4.78 is 78.3. The Hall–Kier alpha value is -5.88. The van der Waals surface area contributed by atoms with Crippen LogP contribution in [0.25, 0.3) is 11.1 Å². The highest BCUT2D eigenvalue weighted by atomic mass is 127. The maximum atomic E-state index is 10.4. The molecule has 0 fully saturated rings. The Kier molecular flexibility index (Phi) is 20.3. The number of hydrogen-bond acceptors (Lipinski definition) is 8. The standard InChI is InChI=1S/2C21H18IO.2C7H8O3S/c2*1-16(17-8-4-3-5-9-17)20-10-6-7-11-21(20)22-18-12-14-19(23-2)15-13-18;2*1-6-2-4-7(5-3-6)11(8,9)10/h2*3-15H,1H2,2H3;2*2-5H,1H3,(H,8,9,10)/q2*+1;;/p-2. The first kappa shape index (κ1) is 53.1. The lowest BCUT2D eigenvalue weighted by Crippen LogP contribution is -3.61. The predicted molar refractivity (Wildman–Crippen MR) is 261 cm³/mol. The molecule has 8 rings (SSSR count). The summed E-state index contributed by atoms with van der Waals surface area (Å²) in [4.78, 5) is -0.355. The number of aryl methyl sites for hydroxylation is 2. The van der Waals surface area contributed by atoms with E-state index in [2.05, 4.69) is 134 Å². The fourth-order valence-corrected chi connectivity index (χ4v) is 12.2. The molecule has 0 aliphatic heterocycles. The summed E-state index contributed by atoms with van der Waals surface area (Å²) in [5.74, 6) is 1.81. The average molecular weight is 1170 g/mol. The third-order valence-electron chi connectivity index (χ3n) is 9.78. The predicted octanol–water partition coefficient (Wildman–Crippen LogP) is 5.57. The number of hydrogen-bond donors (Lipinski definition) is 0. The Balaban J connectivity index is 0.000000180. The number of methoxy groups -OCH3 is 2. The number of benzene rings is 8. The molecule has 0 saturated heterocycles. The molecule has 0 amide bonds. The molecule has 0 atom stereocenters. The molecular formula is C56H50I2O8S2. The highest BCUT2D eigenvalue weighted by molar-refractivity contribution is 7.86. The van der Waals surface area contributed by atoms with Gasteiger partial charge in [0.25, 0.3) is 0 Å². The molecule has 0 heterocycles. The summed E-state index contributed by atoms with van der Waals surface area (Å²) in [6.07, 6.45) is 0. The van der Waals surface area contributed by atoms with E-state index in [-0.39, 0.29) is 52.2 Å². The second-order valence-corrected chi connectivity index (χ2v) is 23.3. The quantitative estimate of drug-likeness (QED) is 0.115. The van der Waals surface area contributed by atoms with Gasteiger partial charge in [0, 0.05) is 11.1 Å². The van der Waals surface area contributed by atoms with E-state index in [1.54, 1.807) is 38.5 Å². The van der Waals surface area contributed by atoms with Gasteiger partial charge in [0.2, 0.25) is 7.14 Å². The van der Waals surface area contributed by atoms with Crippen LogP contribution in [-0.4, -0.2) is 40.2 Å². The normalized spacial score (nSPS) is 10.7. The van der Waals surface area contributed by atoms with E-state index in [1.807, 2.05) is 50.2 Å². The van der Waals surface area contributed by atoms with Gasteiger partial charge in [-0.25, -0.2) is 16.8 Å². The Morgan fingerprint density at radius 1 is 0.412 bits per heavy atom. The molecule has 0 aliphatic rings. The van der Waals surface area contributed by atoms with Crippen molar-refractivity contribution in [2.75, 3.05) is 14.2 Å². The zero-order valence-corrected chi connectivity index (χ0v) is 43.8. The SMILES string of the molecule is C=C(c1ccccc1)c1ccccc1[I+]c1ccc(OC)cc1.C=C(c1ccccc1)c1ccccc1[I+]c1ccc(OC)cc1.Cc1ccc(S(=O)(=O)[O-])cc1.Cc1ccc(S(=O)(=O)[O-])cc1. The first-order valence-electron chi connectivity index (χ1n) is 20.9. The van der Waals surface area contributed by atoms with E-state index < -0.39 is 20.2 Å². The fraction of sp³-hybridized carbons (Fsp3) is 0.0714. The number of rotatable bonds is 12. The summed E-state index contributed by atoms with van der Waals surface area (Å²) in [5, 5.41) is 0. The fourth-order valence-electron chi connectivity index (χ4n) is 6.08. The van der Waals surface area contributed by atoms with E-state index >= 15 is 0 Å². The minimum absolute atomic E-state index is 0.178. The Morgan fingerprint density at radius 2 is 0.706 bits per heavy atom. The molecule has 0 spiro atoms. The van der Waals surface area contributed by atoms with Crippen molar-refractivity contribution in [3.05, 3.63) is 267 Å². The molecule has 0 radical (unpaired) electrons. The van der Waals surface area contributed by atoms with Crippen LogP contribution in [0.1, 0.15) is 33.4 Å². The summed E-state index contributed by atoms with van der Waals surface area (Å²) in [5.41, 5.74) is 8.90. The van der Waals surface area contributed by atoms with Crippen LogP contribution in [-0.2, 0) is 20.2 Å². The van der Waals surface area contributed by atoms with Gasteiger partial charge in [-0.05, 0) is 133 Å². The monoisotopic (exact) mass is 1170 g/mol. The van der Waals surface area contributed by atoms with E-state index in [9.17, 15) is 25.9 Å². The van der Waals surface area contributed by atoms with Crippen molar-refractivity contribution in [1.29, 1.82) is 0 Å². The second kappa shape index (κ2) is 26.0. The maximum Gasteiger partial charge on any atom is 0.358 e. The molecule has 0 unspecified atom stereocenters. The van der Waals surface area contributed by atoms with Crippen molar-refractivity contribution in [3.63, 3.8) is 0 Å². The molecule has 0 aromatic heterocycles. The van der Waals surface area contributed by atoms with Crippen molar-refractivity contribution in [2.45, 2.75) is 23.6 Å². The first-order valence-corrected chi connectivity index (χ1v) is 28.0. The van der Waals surface area contributed by atoms with E-state index in [1.165, 1.54) is 60.8 Å². The van der Waals surface area contributed by atoms with Gasteiger partial charge in [0.1, 0.15) is 31.7 Å². The molecule has 8 nitrogen and oxygen atoms in total. The topological polar surface area (TPSA) is 133 Å². The molecule has 348 valence electrons. The van der Waals surface area contributed by atoms with E-state index in [0.717, 1.165) is 33.8 Å². The molecule has 0 bridgehead atoms. The molecule has 12 heteroatoms. The highest BCUT2D eigenvalue weighted by Crippen LogP contribution is 2.22. The Morgan fingerprint density at radius 3 is 1.00 bits per heavy atom. The second-order valence-electron chi connectivity index (χ2n) is 14.7. The van der Waals surface area contributed by atoms with Gasteiger partial charge in [0.15, 0.2) is 7.14 Å². The van der Waals surface area contributed by atoms with Crippen LogP contribution in [0, 0.1) is 28.1 Å². The Labute approximate surface area is 422 Å². The smallest absolute Gasteiger partial charge is 0.358 e. The maximum absolute atomic E-state index is 10.4. The van der Waals surface area contributed by atoms with Crippen molar-refractivity contribution >= 4 is 31.4 Å². The minimum atomic E-state index is -4.27. The van der Waals surface area contributed by atoms with Gasteiger partial charge >= 0.3 is 42.4 Å². The van der Waals surface area contributed by atoms with Gasteiger partial charge < -0.3 is 18.6 Å². The summed E-state index contributed by atoms with van der Waals surface area (Å²) in [6, 6.07) is 66.3. The first-order chi connectivity index (χ1) is 32.5. The average Bonchev–Trinajstić information content (AvgIpc) is 3.35.